The van der Waals surface area contributed by atoms with Crippen LogP contribution in [0.5, 0.6) is 0 Å². The van der Waals surface area contributed by atoms with E-state index in [1.54, 1.807) is 16.6 Å². The third-order valence-electron chi connectivity index (χ3n) is 5.50. The molecule has 0 amide bonds. The van der Waals surface area contributed by atoms with Gasteiger partial charge in [-0.3, -0.25) is 15.0 Å². The second-order valence-electron chi connectivity index (χ2n) is 7.54. The average molecular weight is 415 g/mol. The average Bonchev–Trinajstić information content (AvgIpc) is 3.24. The molecule has 1 fully saturated rings. The first kappa shape index (κ1) is 19.1. The Hall–Kier alpha value is -3.85. The number of rotatable bonds is 5. The summed E-state index contributed by atoms with van der Waals surface area (Å²) in [4.78, 5) is 15.2. The van der Waals surface area contributed by atoms with Crippen LogP contribution in [-0.4, -0.2) is 55.8 Å². The first-order chi connectivity index (χ1) is 15.2. The molecule has 0 bridgehead atoms. The highest BCUT2D eigenvalue weighted by molar-refractivity contribution is 5.59. The number of aromatic nitrogens is 4. The Kier molecular flexibility index (Phi) is 5.01. The lowest BCUT2D eigenvalue weighted by Crippen LogP contribution is -2.46. The molecule has 5 rings (SSSR count). The number of non-ortho nitro benzene ring substituents is 1. The molecule has 1 aliphatic rings. The van der Waals surface area contributed by atoms with Crippen LogP contribution >= 0.6 is 0 Å². The molecule has 0 atom stereocenters. The largest absolute Gasteiger partial charge is 0.353 e. The van der Waals surface area contributed by atoms with Gasteiger partial charge >= 0.3 is 0 Å². The second kappa shape index (κ2) is 8.11. The third-order valence-corrected chi connectivity index (χ3v) is 5.50. The summed E-state index contributed by atoms with van der Waals surface area (Å²) in [5.74, 6) is 1.61. The molecule has 0 N–H and O–H groups in total. The smallest absolute Gasteiger partial charge is 0.269 e. The van der Waals surface area contributed by atoms with Gasteiger partial charge in [-0.1, -0.05) is 42.5 Å². The minimum absolute atomic E-state index is 0.136. The van der Waals surface area contributed by atoms with Gasteiger partial charge in [-0.15, -0.1) is 15.3 Å². The molecule has 2 aromatic heterocycles. The van der Waals surface area contributed by atoms with E-state index in [0.29, 0.717) is 12.2 Å². The molecule has 0 spiro atoms. The molecule has 1 aliphatic heterocycles. The summed E-state index contributed by atoms with van der Waals surface area (Å²) in [7, 11) is 0. The van der Waals surface area contributed by atoms with Crippen molar-refractivity contribution in [2.75, 3.05) is 31.1 Å². The molecule has 4 aromatic rings. The molecule has 0 unspecified atom stereocenters. The molecule has 9 nitrogen and oxygen atoms in total. The number of piperazine rings is 1. The first-order valence-corrected chi connectivity index (χ1v) is 10.2. The molecule has 156 valence electrons. The SMILES string of the molecule is O=[N+]([O-])c1cccc(CN2CCN(c3ccc4nnc(-c5ccccc5)n4n3)CC2)c1. The van der Waals surface area contributed by atoms with E-state index < -0.39 is 0 Å². The predicted octanol–water partition coefficient (Wildman–Crippen LogP) is 3.02. The van der Waals surface area contributed by atoms with Crippen molar-refractivity contribution in [1.29, 1.82) is 0 Å². The minimum Gasteiger partial charge on any atom is -0.353 e. The molecular weight excluding hydrogens is 394 g/mol. The van der Waals surface area contributed by atoms with Gasteiger partial charge < -0.3 is 4.90 Å². The fourth-order valence-electron chi connectivity index (χ4n) is 3.88. The van der Waals surface area contributed by atoms with Gasteiger partial charge in [0.15, 0.2) is 11.5 Å². The number of fused-ring (bicyclic) bond motifs is 1. The molecular formula is C22H21N7O2. The van der Waals surface area contributed by atoms with E-state index in [1.807, 2.05) is 48.5 Å². The van der Waals surface area contributed by atoms with Gasteiger partial charge in [0.1, 0.15) is 5.82 Å². The van der Waals surface area contributed by atoms with Crippen LogP contribution in [0.3, 0.4) is 0 Å². The van der Waals surface area contributed by atoms with Crippen LogP contribution in [0, 0.1) is 10.1 Å². The van der Waals surface area contributed by atoms with E-state index in [0.717, 1.165) is 48.9 Å². The van der Waals surface area contributed by atoms with Crippen molar-refractivity contribution in [3.63, 3.8) is 0 Å². The van der Waals surface area contributed by atoms with Crippen molar-refractivity contribution in [3.8, 4) is 11.4 Å². The summed E-state index contributed by atoms with van der Waals surface area (Å²) >= 11 is 0. The predicted molar refractivity (Wildman–Crippen MR) is 117 cm³/mol. The summed E-state index contributed by atoms with van der Waals surface area (Å²) in [6.07, 6.45) is 0. The van der Waals surface area contributed by atoms with E-state index in [2.05, 4.69) is 20.0 Å². The summed E-state index contributed by atoms with van der Waals surface area (Å²) in [5, 5.41) is 24.3. The number of nitro groups is 1. The van der Waals surface area contributed by atoms with Gasteiger partial charge in [-0.05, 0) is 17.7 Å². The summed E-state index contributed by atoms with van der Waals surface area (Å²) in [6, 6.07) is 20.7. The molecule has 0 aliphatic carbocycles. The van der Waals surface area contributed by atoms with Gasteiger partial charge in [0.05, 0.1) is 4.92 Å². The van der Waals surface area contributed by atoms with Crippen molar-refractivity contribution < 1.29 is 4.92 Å². The van der Waals surface area contributed by atoms with Crippen molar-refractivity contribution >= 4 is 17.2 Å². The van der Waals surface area contributed by atoms with Crippen molar-refractivity contribution in [2.24, 2.45) is 0 Å². The monoisotopic (exact) mass is 415 g/mol. The Morgan fingerprint density at radius 3 is 2.48 bits per heavy atom. The molecule has 3 heterocycles. The molecule has 2 aromatic carbocycles. The second-order valence-corrected chi connectivity index (χ2v) is 7.54. The van der Waals surface area contributed by atoms with E-state index in [1.165, 1.54) is 6.07 Å². The van der Waals surface area contributed by atoms with E-state index in [-0.39, 0.29) is 10.6 Å². The minimum atomic E-state index is -0.349. The molecule has 31 heavy (non-hydrogen) atoms. The number of hydrogen-bond donors (Lipinski definition) is 0. The van der Waals surface area contributed by atoms with E-state index in [4.69, 9.17) is 5.10 Å². The third kappa shape index (κ3) is 3.95. The lowest BCUT2D eigenvalue weighted by atomic mass is 10.1. The lowest BCUT2D eigenvalue weighted by Gasteiger charge is -2.35. The lowest BCUT2D eigenvalue weighted by molar-refractivity contribution is -0.384. The summed E-state index contributed by atoms with van der Waals surface area (Å²) in [6.45, 7) is 4.07. The van der Waals surface area contributed by atoms with Crippen molar-refractivity contribution in [1.82, 2.24) is 24.7 Å². The van der Waals surface area contributed by atoms with Crippen LogP contribution in [0.2, 0.25) is 0 Å². The van der Waals surface area contributed by atoms with Gasteiger partial charge in [0, 0.05) is 50.4 Å². The molecule has 9 heteroatoms. The van der Waals surface area contributed by atoms with Crippen LogP contribution in [0.25, 0.3) is 17.0 Å². The zero-order valence-electron chi connectivity index (χ0n) is 16.8. The fraction of sp³-hybridized carbons (Fsp3) is 0.227. The number of benzene rings is 2. The molecule has 0 saturated carbocycles. The van der Waals surface area contributed by atoms with Gasteiger partial charge in [0.25, 0.3) is 5.69 Å². The quantitative estimate of drug-likeness (QED) is 0.365. The van der Waals surface area contributed by atoms with Crippen molar-refractivity contribution in [2.45, 2.75) is 6.54 Å². The number of nitrogens with zero attached hydrogens (tertiary/aromatic N) is 7. The van der Waals surface area contributed by atoms with Crippen molar-refractivity contribution in [3.05, 3.63) is 82.4 Å². The highest BCUT2D eigenvalue weighted by Gasteiger charge is 2.20. The zero-order valence-corrected chi connectivity index (χ0v) is 16.8. The Morgan fingerprint density at radius 2 is 1.71 bits per heavy atom. The maximum absolute atomic E-state index is 11.0. The fourth-order valence-corrected chi connectivity index (χ4v) is 3.88. The summed E-state index contributed by atoms with van der Waals surface area (Å²) < 4.78 is 1.79. The molecule has 0 radical (unpaired) electrons. The van der Waals surface area contributed by atoms with Crippen LogP contribution in [-0.2, 0) is 6.54 Å². The topological polar surface area (TPSA) is 92.7 Å². The van der Waals surface area contributed by atoms with Crippen LogP contribution in [0.15, 0.2) is 66.7 Å². The Bertz CT molecular complexity index is 1220. The van der Waals surface area contributed by atoms with Gasteiger partial charge in [-0.25, -0.2) is 0 Å². The maximum Gasteiger partial charge on any atom is 0.269 e. The number of nitro benzene ring substituents is 1. The molecule has 1 saturated heterocycles. The summed E-state index contributed by atoms with van der Waals surface area (Å²) in [5.41, 5.74) is 2.78. The highest BCUT2D eigenvalue weighted by atomic mass is 16.6. The Morgan fingerprint density at radius 1 is 0.903 bits per heavy atom. The Labute approximate surface area is 178 Å². The normalized spacial score (nSPS) is 14.8. The standard InChI is InChI=1S/C22H21N7O2/c30-29(31)19-8-4-5-17(15-19)16-26-11-13-27(14-12-26)21-10-9-20-23-24-22(28(20)25-21)18-6-2-1-3-7-18/h1-10,15H,11-14,16H2. The zero-order chi connectivity index (χ0) is 21.2. The first-order valence-electron chi connectivity index (χ1n) is 10.2. The maximum atomic E-state index is 11.0. The Balaban J connectivity index is 1.29. The van der Waals surface area contributed by atoms with Crippen LogP contribution in [0.4, 0.5) is 11.5 Å². The van der Waals surface area contributed by atoms with E-state index in [9.17, 15) is 10.1 Å². The van der Waals surface area contributed by atoms with Crippen LogP contribution in [0.1, 0.15) is 5.56 Å². The van der Waals surface area contributed by atoms with Gasteiger partial charge in [0.2, 0.25) is 0 Å². The number of anilines is 1. The van der Waals surface area contributed by atoms with Gasteiger partial charge in [-0.2, -0.15) is 4.52 Å². The van der Waals surface area contributed by atoms with Crippen LogP contribution < -0.4 is 4.90 Å². The highest BCUT2D eigenvalue weighted by Crippen LogP contribution is 2.21. The van der Waals surface area contributed by atoms with E-state index >= 15 is 0 Å². The number of hydrogen-bond acceptors (Lipinski definition) is 7.